The van der Waals surface area contributed by atoms with Crippen LogP contribution in [0.15, 0.2) is 30.3 Å². The van der Waals surface area contributed by atoms with E-state index in [1.165, 1.54) is 0 Å². The van der Waals surface area contributed by atoms with Crippen LogP contribution in [0.4, 0.5) is 0 Å². The minimum Gasteiger partial charge on any atom is -0.481 e. The fourth-order valence-corrected chi connectivity index (χ4v) is 2.97. The van der Waals surface area contributed by atoms with Crippen molar-refractivity contribution in [1.29, 1.82) is 5.26 Å². The lowest BCUT2D eigenvalue weighted by Gasteiger charge is -2.25. The SMILES string of the molecule is CCC1[C@@H](C(=O)O)[C@@H](C#N)CN1Cc1ccccc1. The lowest BCUT2D eigenvalue weighted by Crippen LogP contribution is -2.35. The Kier molecular flexibility index (Phi) is 4.18. The number of nitrogens with zero attached hydrogens (tertiary/aromatic N) is 2. The van der Waals surface area contributed by atoms with Gasteiger partial charge in [-0.3, -0.25) is 9.69 Å². The van der Waals surface area contributed by atoms with Crippen LogP contribution in [0.1, 0.15) is 18.9 Å². The number of benzene rings is 1. The van der Waals surface area contributed by atoms with Crippen LogP contribution in [0.25, 0.3) is 0 Å². The molecule has 19 heavy (non-hydrogen) atoms. The second-order valence-electron chi connectivity index (χ2n) is 4.99. The third-order valence-corrected chi connectivity index (χ3v) is 3.85. The summed E-state index contributed by atoms with van der Waals surface area (Å²) in [5, 5.41) is 18.5. The van der Waals surface area contributed by atoms with Crippen molar-refractivity contribution in [1.82, 2.24) is 4.90 Å². The van der Waals surface area contributed by atoms with Crippen LogP contribution >= 0.6 is 0 Å². The summed E-state index contributed by atoms with van der Waals surface area (Å²) in [7, 11) is 0. The number of hydrogen-bond acceptors (Lipinski definition) is 3. The van der Waals surface area contributed by atoms with Crippen molar-refractivity contribution >= 4 is 5.97 Å². The molecular weight excluding hydrogens is 240 g/mol. The second kappa shape index (κ2) is 5.85. The first-order valence-corrected chi connectivity index (χ1v) is 6.57. The van der Waals surface area contributed by atoms with Crippen molar-refractivity contribution in [2.24, 2.45) is 11.8 Å². The lowest BCUT2D eigenvalue weighted by molar-refractivity contribution is -0.143. The Bertz CT molecular complexity index is 481. The highest BCUT2D eigenvalue weighted by atomic mass is 16.4. The fraction of sp³-hybridized carbons (Fsp3) is 0.467. The molecule has 0 amide bonds. The summed E-state index contributed by atoms with van der Waals surface area (Å²) >= 11 is 0. The Morgan fingerprint density at radius 1 is 1.47 bits per heavy atom. The molecular formula is C15H18N2O2. The highest BCUT2D eigenvalue weighted by molar-refractivity contribution is 5.72. The van der Waals surface area contributed by atoms with Crippen LogP contribution in [-0.2, 0) is 11.3 Å². The molecule has 1 aliphatic rings. The topological polar surface area (TPSA) is 64.3 Å². The quantitative estimate of drug-likeness (QED) is 0.898. The largest absolute Gasteiger partial charge is 0.481 e. The van der Waals surface area contributed by atoms with Crippen molar-refractivity contribution < 1.29 is 9.90 Å². The Hall–Kier alpha value is -1.86. The van der Waals surface area contributed by atoms with E-state index in [2.05, 4.69) is 11.0 Å². The Labute approximate surface area is 113 Å². The number of rotatable bonds is 4. The molecule has 4 heteroatoms. The monoisotopic (exact) mass is 258 g/mol. The van der Waals surface area contributed by atoms with E-state index in [1.807, 2.05) is 37.3 Å². The lowest BCUT2D eigenvalue weighted by atomic mass is 9.90. The molecule has 3 atom stereocenters. The van der Waals surface area contributed by atoms with Gasteiger partial charge in [-0.2, -0.15) is 5.26 Å². The van der Waals surface area contributed by atoms with Crippen LogP contribution in [0, 0.1) is 23.2 Å². The smallest absolute Gasteiger partial charge is 0.309 e. The average Bonchev–Trinajstić information content (AvgIpc) is 2.77. The maximum Gasteiger partial charge on any atom is 0.309 e. The predicted molar refractivity (Wildman–Crippen MR) is 71.2 cm³/mol. The Morgan fingerprint density at radius 3 is 2.68 bits per heavy atom. The number of carboxylic acids is 1. The summed E-state index contributed by atoms with van der Waals surface area (Å²) in [5.41, 5.74) is 1.16. The van der Waals surface area contributed by atoms with Crippen LogP contribution in [0.5, 0.6) is 0 Å². The predicted octanol–water partition coefficient (Wildman–Crippen LogP) is 2.12. The van der Waals surface area contributed by atoms with E-state index in [0.717, 1.165) is 12.0 Å². The molecule has 1 fully saturated rings. The number of likely N-dealkylation sites (tertiary alicyclic amines) is 1. The number of carbonyl (C=O) groups is 1. The van der Waals surface area contributed by atoms with Gasteiger partial charge in [-0.05, 0) is 12.0 Å². The van der Waals surface area contributed by atoms with E-state index in [9.17, 15) is 9.90 Å². The molecule has 0 saturated carbocycles. The van der Waals surface area contributed by atoms with Gasteiger partial charge >= 0.3 is 5.97 Å². The zero-order chi connectivity index (χ0) is 13.8. The average molecular weight is 258 g/mol. The minimum absolute atomic E-state index is 0.0534. The summed E-state index contributed by atoms with van der Waals surface area (Å²) in [6.45, 7) is 3.24. The van der Waals surface area contributed by atoms with Crippen molar-refractivity contribution in [2.45, 2.75) is 25.9 Å². The number of carboxylic acid groups (broad SMARTS) is 1. The van der Waals surface area contributed by atoms with Crippen LogP contribution in [-0.4, -0.2) is 28.6 Å². The maximum atomic E-state index is 11.4. The maximum absolute atomic E-state index is 11.4. The summed E-state index contributed by atoms with van der Waals surface area (Å²) in [6, 6.07) is 12.1. The molecule has 100 valence electrons. The molecule has 0 aromatic heterocycles. The highest BCUT2D eigenvalue weighted by Gasteiger charge is 2.45. The standard InChI is InChI=1S/C15H18N2O2/c1-2-13-14(15(18)19)12(8-16)10-17(13)9-11-6-4-3-5-7-11/h3-7,12-14H,2,9-10H2,1H3,(H,18,19)/t12-,13?,14-/m0/s1. The van der Waals surface area contributed by atoms with Gasteiger partial charge in [-0.25, -0.2) is 0 Å². The molecule has 1 unspecified atom stereocenters. The van der Waals surface area contributed by atoms with Gasteiger partial charge in [-0.1, -0.05) is 37.3 Å². The van der Waals surface area contributed by atoms with Gasteiger partial charge in [0.1, 0.15) is 0 Å². The fourth-order valence-electron chi connectivity index (χ4n) is 2.97. The third kappa shape index (κ3) is 2.77. The molecule has 1 saturated heterocycles. The Morgan fingerprint density at radius 2 is 2.16 bits per heavy atom. The first kappa shape index (κ1) is 13.6. The van der Waals surface area contributed by atoms with Crippen molar-refractivity contribution in [3.63, 3.8) is 0 Å². The first-order valence-electron chi connectivity index (χ1n) is 6.57. The normalized spacial score (nSPS) is 27.1. The molecule has 1 aromatic rings. The highest BCUT2D eigenvalue weighted by Crippen LogP contribution is 2.32. The van der Waals surface area contributed by atoms with Crippen LogP contribution < -0.4 is 0 Å². The van der Waals surface area contributed by atoms with E-state index < -0.39 is 17.8 Å². The van der Waals surface area contributed by atoms with Crippen molar-refractivity contribution in [3.05, 3.63) is 35.9 Å². The van der Waals surface area contributed by atoms with Gasteiger partial charge in [0.05, 0.1) is 17.9 Å². The van der Waals surface area contributed by atoms with Crippen molar-refractivity contribution in [2.75, 3.05) is 6.54 Å². The molecule has 0 aliphatic carbocycles. The van der Waals surface area contributed by atoms with E-state index >= 15 is 0 Å². The zero-order valence-corrected chi connectivity index (χ0v) is 11.0. The molecule has 1 heterocycles. The molecule has 4 nitrogen and oxygen atoms in total. The van der Waals surface area contributed by atoms with E-state index in [0.29, 0.717) is 13.1 Å². The molecule has 1 aliphatic heterocycles. The van der Waals surface area contributed by atoms with E-state index in [-0.39, 0.29) is 6.04 Å². The number of hydrogen-bond donors (Lipinski definition) is 1. The number of aliphatic carboxylic acids is 1. The first-order chi connectivity index (χ1) is 9.17. The van der Waals surface area contributed by atoms with E-state index in [4.69, 9.17) is 5.26 Å². The molecule has 0 bridgehead atoms. The minimum atomic E-state index is -0.853. The molecule has 1 N–H and O–H groups in total. The molecule has 0 spiro atoms. The van der Waals surface area contributed by atoms with Gasteiger partial charge in [0.15, 0.2) is 0 Å². The summed E-state index contributed by atoms with van der Waals surface area (Å²) in [4.78, 5) is 13.5. The van der Waals surface area contributed by atoms with Gasteiger partial charge in [0.2, 0.25) is 0 Å². The Balaban J connectivity index is 2.17. The molecule has 1 aromatic carbocycles. The van der Waals surface area contributed by atoms with E-state index in [1.54, 1.807) is 0 Å². The summed E-state index contributed by atoms with van der Waals surface area (Å²) in [5.74, 6) is -1.83. The zero-order valence-electron chi connectivity index (χ0n) is 11.0. The molecule has 2 rings (SSSR count). The summed E-state index contributed by atoms with van der Waals surface area (Å²) in [6.07, 6.45) is 0.752. The van der Waals surface area contributed by atoms with Crippen LogP contribution in [0.3, 0.4) is 0 Å². The van der Waals surface area contributed by atoms with Gasteiger partial charge in [-0.15, -0.1) is 0 Å². The van der Waals surface area contributed by atoms with Gasteiger partial charge < -0.3 is 5.11 Å². The van der Waals surface area contributed by atoms with Gasteiger partial charge in [0.25, 0.3) is 0 Å². The third-order valence-electron chi connectivity index (χ3n) is 3.85. The van der Waals surface area contributed by atoms with Crippen LogP contribution in [0.2, 0.25) is 0 Å². The van der Waals surface area contributed by atoms with Gasteiger partial charge in [0, 0.05) is 19.1 Å². The van der Waals surface area contributed by atoms with Crippen molar-refractivity contribution in [3.8, 4) is 6.07 Å². The second-order valence-corrected chi connectivity index (χ2v) is 4.99. The number of nitriles is 1. The molecule has 0 radical (unpaired) electrons. The summed E-state index contributed by atoms with van der Waals surface area (Å²) < 4.78 is 0.